The van der Waals surface area contributed by atoms with Crippen LogP contribution in [0.2, 0.25) is 0 Å². The quantitative estimate of drug-likeness (QED) is 0.617. The summed E-state index contributed by atoms with van der Waals surface area (Å²) in [6.07, 6.45) is -3.14. The van der Waals surface area contributed by atoms with Crippen LogP contribution in [0, 0.1) is 5.92 Å². The van der Waals surface area contributed by atoms with Crippen LogP contribution in [0.3, 0.4) is 0 Å². The third kappa shape index (κ3) is 6.55. The number of aromatic nitrogens is 1. The van der Waals surface area contributed by atoms with Crippen LogP contribution in [0.25, 0.3) is 0 Å². The molecule has 0 bridgehead atoms. The third-order valence-corrected chi connectivity index (χ3v) is 2.49. The molecule has 0 N–H and O–H groups in total. The summed E-state index contributed by atoms with van der Waals surface area (Å²) in [4.78, 5) is 28.6. The summed E-state index contributed by atoms with van der Waals surface area (Å²) in [7, 11) is 0. The van der Waals surface area contributed by atoms with Gasteiger partial charge in [-0.3, -0.25) is 9.78 Å². The van der Waals surface area contributed by atoms with E-state index in [2.05, 4.69) is 9.72 Å². The Morgan fingerprint density at radius 2 is 2.00 bits per heavy atom. The Kier molecular flexibility index (Phi) is 6.33. The second-order valence-corrected chi connectivity index (χ2v) is 5.09. The van der Waals surface area contributed by atoms with Crippen molar-refractivity contribution in [2.45, 2.75) is 26.6 Å². The summed E-state index contributed by atoms with van der Waals surface area (Å²) in [5.74, 6) is -2.60. The summed E-state index contributed by atoms with van der Waals surface area (Å²) in [5.41, 5.74) is 0.528. The predicted molar refractivity (Wildman–Crippen MR) is 71.5 cm³/mol. The molecule has 1 heterocycles. The van der Waals surface area contributed by atoms with Crippen molar-refractivity contribution in [3.05, 3.63) is 30.1 Å². The van der Waals surface area contributed by atoms with Gasteiger partial charge in [0.15, 0.2) is 6.61 Å². The standard InChI is InChI=1S/C14H17F3N2O3/c1-10(2)7-19(8-11-5-3-4-6-18-11)12(20)13(21)22-9-14(15,16)17/h3-6,10H,7-9H2,1-2H3. The molecule has 0 fully saturated rings. The van der Waals surface area contributed by atoms with Crippen molar-refractivity contribution in [1.82, 2.24) is 9.88 Å². The highest BCUT2D eigenvalue weighted by Gasteiger charge is 2.32. The van der Waals surface area contributed by atoms with Crippen LogP contribution in [-0.4, -0.2) is 41.1 Å². The fourth-order valence-corrected chi connectivity index (χ4v) is 1.69. The molecule has 122 valence electrons. The largest absolute Gasteiger partial charge is 0.449 e. The highest BCUT2D eigenvalue weighted by molar-refractivity contribution is 6.32. The first kappa shape index (κ1) is 17.9. The predicted octanol–water partition coefficient (Wildman–Crippen LogP) is 2.17. The number of ether oxygens (including phenoxy) is 1. The van der Waals surface area contributed by atoms with Gasteiger partial charge in [-0.25, -0.2) is 4.79 Å². The maximum Gasteiger partial charge on any atom is 0.422 e. The van der Waals surface area contributed by atoms with E-state index >= 15 is 0 Å². The lowest BCUT2D eigenvalue weighted by Crippen LogP contribution is -2.40. The van der Waals surface area contributed by atoms with Gasteiger partial charge in [-0.15, -0.1) is 0 Å². The molecular weight excluding hydrogens is 301 g/mol. The molecule has 8 heteroatoms. The van der Waals surface area contributed by atoms with Gasteiger partial charge in [-0.05, 0) is 18.1 Å². The molecule has 1 amide bonds. The maximum absolute atomic E-state index is 12.0. The van der Waals surface area contributed by atoms with Gasteiger partial charge in [0.25, 0.3) is 0 Å². The van der Waals surface area contributed by atoms with Gasteiger partial charge in [-0.2, -0.15) is 13.2 Å². The average molecular weight is 318 g/mol. The Balaban J connectivity index is 2.73. The molecule has 5 nitrogen and oxygen atoms in total. The number of carbonyl (C=O) groups is 2. The summed E-state index contributed by atoms with van der Waals surface area (Å²) < 4.78 is 40.1. The highest BCUT2D eigenvalue weighted by Crippen LogP contribution is 2.15. The Labute approximate surface area is 126 Å². The molecule has 0 atom stereocenters. The minimum atomic E-state index is -4.67. The van der Waals surface area contributed by atoms with E-state index in [1.807, 2.05) is 13.8 Å². The monoisotopic (exact) mass is 318 g/mol. The van der Waals surface area contributed by atoms with E-state index in [0.717, 1.165) is 4.90 Å². The molecule has 0 aliphatic heterocycles. The normalized spacial score (nSPS) is 11.4. The minimum absolute atomic E-state index is 0.0268. The van der Waals surface area contributed by atoms with Crippen LogP contribution in [-0.2, 0) is 20.9 Å². The van der Waals surface area contributed by atoms with E-state index < -0.39 is 24.7 Å². The van der Waals surface area contributed by atoms with Crippen molar-refractivity contribution >= 4 is 11.9 Å². The number of hydrogen-bond acceptors (Lipinski definition) is 4. The molecule has 1 aromatic heterocycles. The number of halogens is 3. The molecule has 0 spiro atoms. The Morgan fingerprint density at radius 3 is 2.50 bits per heavy atom. The Hall–Kier alpha value is -2.12. The lowest BCUT2D eigenvalue weighted by Gasteiger charge is -2.23. The Bertz CT molecular complexity index is 504. The van der Waals surface area contributed by atoms with Crippen LogP contribution >= 0.6 is 0 Å². The first-order valence-corrected chi connectivity index (χ1v) is 6.61. The highest BCUT2D eigenvalue weighted by atomic mass is 19.4. The Morgan fingerprint density at radius 1 is 1.32 bits per heavy atom. The van der Waals surface area contributed by atoms with E-state index in [1.165, 1.54) is 6.20 Å². The molecule has 22 heavy (non-hydrogen) atoms. The zero-order valence-electron chi connectivity index (χ0n) is 12.3. The second kappa shape index (κ2) is 7.77. The number of nitrogens with zero attached hydrogens (tertiary/aromatic N) is 2. The van der Waals surface area contributed by atoms with Crippen molar-refractivity contribution in [2.24, 2.45) is 5.92 Å². The summed E-state index contributed by atoms with van der Waals surface area (Å²) in [6, 6.07) is 5.06. The van der Waals surface area contributed by atoms with Crippen LogP contribution in [0.15, 0.2) is 24.4 Å². The van der Waals surface area contributed by atoms with Gasteiger partial charge in [0.1, 0.15) is 0 Å². The van der Waals surface area contributed by atoms with Crippen LogP contribution in [0.1, 0.15) is 19.5 Å². The van der Waals surface area contributed by atoms with Crippen molar-refractivity contribution < 1.29 is 27.5 Å². The lowest BCUT2D eigenvalue weighted by atomic mass is 10.2. The minimum Gasteiger partial charge on any atom is -0.449 e. The summed E-state index contributed by atoms with van der Waals surface area (Å²) in [5, 5.41) is 0. The fourth-order valence-electron chi connectivity index (χ4n) is 1.69. The molecule has 1 aromatic rings. The van der Waals surface area contributed by atoms with E-state index in [-0.39, 0.29) is 19.0 Å². The van der Waals surface area contributed by atoms with Crippen LogP contribution < -0.4 is 0 Å². The molecule has 0 radical (unpaired) electrons. The zero-order valence-corrected chi connectivity index (χ0v) is 12.3. The number of alkyl halides is 3. The van der Waals surface area contributed by atoms with Crippen LogP contribution in [0.5, 0.6) is 0 Å². The smallest absolute Gasteiger partial charge is 0.422 e. The van der Waals surface area contributed by atoms with Crippen molar-refractivity contribution in [3.8, 4) is 0 Å². The van der Waals surface area contributed by atoms with Gasteiger partial charge in [0.05, 0.1) is 12.2 Å². The zero-order chi connectivity index (χ0) is 16.8. The van der Waals surface area contributed by atoms with Gasteiger partial charge in [0.2, 0.25) is 0 Å². The number of carbonyl (C=O) groups excluding carboxylic acids is 2. The molecule has 0 aliphatic carbocycles. The average Bonchev–Trinajstić information content (AvgIpc) is 2.43. The van der Waals surface area contributed by atoms with Crippen LogP contribution in [0.4, 0.5) is 13.2 Å². The fraction of sp³-hybridized carbons (Fsp3) is 0.500. The molecule has 0 saturated heterocycles. The number of amides is 1. The second-order valence-electron chi connectivity index (χ2n) is 5.09. The SMILES string of the molecule is CC(C)CN(Cc1ccccn1)C(=O)C(=O)OCC(F)(F)F. The van der Waals surface area contributed by atoms with Crippen molar-refractivity contribution in [3.63, 3.8) is 0 Å². The molecule has 0 unspecified atom stereocenters. The van der Waals surface area contributed by atoms with E-state index in [0.29, 0.717) is 5.69 Å². The van der Waals surface area contributed by atoms with Gasteiger partial charge < -0.3 is 9.64 Å². The molecule has 0 saturated carbocycles. The molecule has 1 rings (SSSR count). The number of esters is 1. The first-order valence-electron chi connectivity index (χ1n) is 6.61. The van der Waals surface area contributed by atoms with E-state index in [4.69, 9.17) is 0 Å². The number of hydrogen-bond donors (Lipinski definition) is 0. The summed E-state index contributed by atoms with van der Waals surface area (Å²) in [6.45, 7) is 2.09. The maximum atomic E-state index is 12.0. The number of pyridine rings is 1. The van der Waals surface area contributed by atoms with Crippen molar-refractivity contribution in [1.29, 1.82) is 0 Å². The molecule has 0 aromatic carbocycles. The van der Waals surface area contributed by atoms with Gasteiger partial charge in [0, 0.05) is 12.7 Å². The summed E-state index contributed by atoms with van der Waals surface area (Å²) >= 11 is 0. The molecular formula is C14H17F3N2O3. The van der Waals surface area contributed by atoms with E-state index in [9.17, 15) is 22.8 Å². The topological polar surface area (TPSA) is 59.5 Å². The first-order chi connectivity index (χ1) is 10.2. The van der Waals surface area contributed by atoms with Gasteiger partial charge in [-0.1, -0.05) is 19.9 Å². The van der Waals surface area contributed by atoms with Gasteiger partial charge >= 0.3 is 18.1 Å². The lowest BCUT2D eigenvalue weighted by molar-refractivity contribution is -0.189. The third-order valence-electron chi connectivity index (χ3n) is 2.49. The number of rotatable bonds is 5. The van der Waals surface area contributed by atoms with E-state index in [1.54, 1.807) is 18.2 Å². The molecule has 0 aliphatic rings. The van der Waals surface area contributed by atoms with Crippen molar-refractivity contribution in [2.75, 3.05) is 13.2 Å².